The number of aryl methyl sites for hydroxylation is 3. The molecule has 3 rings (SSSR count). The number of nitrogens with one attached hydrogen (secondary N) is 1. The Morgan fingerprint density at radius 3 is 2.62 bits per heavy atom. The first-order valence-electron chi connectivity index (χ1n) is 8.77. The van der Waals surface area contributed by atoms with E-state index < -0.39 is 0 Å². The standard InChI is InChI=1S/C19H26N6O/c1-12-9-13(2)25-17(21-12)16(14(3)23-25)18(26)22-15(19(4,5)6)10-24-8-7-20-11-24/h7-9,11,15H,10H2,1-6H3,(H,22,26)/t15-/m1/s1. The molecule has 0 unspecified atom stereocenters. The zero-order valence-electron chi connectivity index (χ0n) is 16.2. The molecule has 1 atom stereocenters. The van der Waals surface area contributed by atoms with Crippen molar-refractivity contribution in [3.05, 3.63) is 47.4 Å². The molecule has 1 amide bonds. The molecule has 138 valence electrons. The third-order valence-corrected chi connectivity index (χ3v) is 4.60. The van der Waals surface area contributed by atoms with E-state index in [0.29, 0.717) is 23.4 Å². The van der Waals surface area contributed by atoms with Crippen LogP contribution in [0.5, 0.6) is 0 Å². The maximum absolute atomic E-state index is 13.1. The van der Waals surface area contributed by atoms with Crippen LogP contribution in [0.3, 0.4) is 0 Å². The van der Waals surface area contributed by atoms with Crippen molar-refractivity contribution in [3.8, 4) is 0 Å². The molecule has 3 aromatic heterocycles. The van der Waals surface area contributed by atoms with Gasteiger partial charge >= 0.3 is 0 Å². The van der Waals surface area contributed by atoms with Gasteiger partial charge in [-0.05, 0) is 32.3 Å². The summed E-state index contributed by atoms with van der Waals surface area (Å²) in [5.74, 6) is -0.143. The molecule has 0 fully saturated rings. The van der Waals surface area contributed by atoms with E-state index in [1.165, 1.54) is 0 Å². The third-order valence-electron chi connectivity index (χ3n) is 4.60. The van der Waals surface area contributed by atoms with Gasteiger partial charge in [-0.1, -0.05) is 20.8 Å². The first kappa shape index (κ1) is 18.1. The zero-order chi connectivity index (χ0) is 19.1. The second kappa shape index (κ2) is 6.55. The maximum Gasteiger partial charge on any atom is 0.257 e. The van der Waals surface area contributed by atoms with E-state index in [4.69, 9.17) is 0 Å². The van der Waals surface area contributed by atoms with Gasteiger partial charge in [0.2, 0.25) is 0 Å². The van der Waals surface area contributed by atoms with Crippen LogP contribution in [0, 0.1) is 26.2 Å². The van der Waals surface area contributed by atoms with E-state index in [-0.39, 0.29) is 17.4 Å². The minimum atomic E-state index is -0.143. The number of carbonyl (C=O) groups excluding carboxylic acids is 1. The summed E-state index contributed by atoms with van der Waals surface area (Å²) >= 11 is 0. The van der Waals surface area contributed by atoms with E-state index in [1.807, 2.05) is 37.6 Å². The van der Waals surface area contributed by atoms with Gasteiger partial charge in [0, 0.05) is 30.3 Å². The van der Waals surface area contributed by atoms with Gasteiger partial charge in [-0.2, -0.15) is 5.10 Å². The summed E-state index contributed by atoms with van der Waals surface area (Å²) < 4.78 is 3.71. The van der Waals surface area contributed by atoms with Gasteiger partial charge in [-0.15, -0.1) is 0 Å². The van der Waals surface area contributed by atoms with Gasteiger partial charge < -0.3 is 9.88 Å². The van der Waals surface area contributed by atoms with E-state index in [0.717, 1.165) is 11.4 Å². The first-order chi connectivity index (χ1) is 12.2. The lowest BCUT2D eigenvalue weighted by molar-refractivity contribution is 0.0893. The molecular weight excluding hydrogens is 328 g/mol. The average Bonchev–Trinajstić information content (AvgIpc) is 3.13. The molecule has 0 aromatic carbocycles. The van der Waals surface area contributed by atoms with Crippen LogP contribution in [-0.4, -0.2) is 36.1 Å². The summed E-state index contributed by atoms with van der Waals surface area (Å²) in [4.78, 5) is 21.8. The molecule has 3 heterocycles. The Morgan fingerprint density at radius 1 is 1.27 bits per heavy atom. The predicted molar refractivity (Wildman–Crippen MR) is 100 cm³/mol. The smallest absolute Gasteiger partial charge is 0.257 e. The van der Waals surface area contributed by atoms with Crippen LogP contribution in [0.4, 0.5) is 0 Å². The Labute approximate surface area is 153 Å². The minimum absolute atomic E-state index is 0.0653. The molecule has 0 saturated heterocycles. The van der Waals surface area contributed by atoms with Crippen molar-refractivity contribution in [1.29, 1.82) is 0 Å². The Bertz CT molecular complexity index is 933. The first-order valence-corrected chi connectivity index (χ1v) is 8.77. The number of hydrogen-bond donors (Lipinski definition) is 1. The SMILES string of the molecule is Cc1cc(C)n2nc(C)c(C(=O)N[C@H](Cn3ccnc3)C(C)(C)C)c2n1. The summed E-state index contributed by atoms with van der Waals surface area (Å²) in [6.45, 7) is 12.7. The van der Waals surface area contributed by atoms with Crippen molar-refractivity contribution >= 4 is 11.6 Å². The van der Waals surface area contributed by atoms with Crippen LogP contribution in [0.1, 0.15) is 48.2 Å². The van der Waals surface area contributed by atoms with Crippen LogP contribution in [0.15, 0.2) is 24.8 Å². The molecule has 26 heavy (non-hydrogen) atoms. The quantitative estimate of drug-likeness (QED) is 0.781. The van der Waals surface area contributed by atoms with E-state index in [2.05, 4.69) is 41.2 Å². The lowest BCUT2D eigenvalue weighted by atomic mass is 9.86. The predicted octanol–water partition coefficient (Wildman–Crippen LogP) is 2.70. The fourth-order valence-electron chi connectivity index (χ4n) is 3.06. The Hall–Kier alpha value is -2.70. The number of rotatable bonds is 4. The molecular formula is C19H26N6O. The Morgan fingerprint density at radius 2 is 2.00 bits per heavy atom. The Balaban J connectivity index is 1.95. The maximum atomic E-state index is 13.1. The van der Waals surface area contributed by atoms with Crippen LogP contribution in [0.25, 0.3) is 5.65 Å². The number of aromatic nitrogens is 5. The van der Waals surface area contributed by atoms with E-state index in [1.54, 1.807) is 17.0 Å². The summed E-state index contributed by atoms with van der Waals surface area (Å²) in [5.41, 5.74) is 3.54. The number of carbonyl (C=O) groups is 1. The summed E-state index contributed by atoms with van der Waals surface area (Å²) in [7, 11) is 0. The monoisotopic (exact) mass is 354 g/mol. The van der Waals surface area contributed by atoms with Crippen LogP contribution < -0.4 is 5.32 Å². The number of amides is 1. The molecule has 0 bridgehead atoms. The molecule has 0 saturated carbocycles. The van der Waals surface area contributed by atoms with Crippen molar-refractivity contribution in [1.82, 2.24) is 29.5 Å². The molecule has 1 N–H and O–H groups in total. The lowest BCUT2D eigenvalue weighted by Gasteiger charge is -2.31. The van der Waals surface area contributed by atoms with Gasteiger partial charge in [-0.3, -0.25) is 4.79 Å². The molecule has 0 aliphatic rings. The molecule has 0 aliphatic carbocycles. The second-order valence-corrected chi connectivity index (χ2v) is 7.89. The number of nitrogens with zero attached hydrogens (tertiary/aromatic N) is 5. The third kappa shape index (κ3) is 3.47. The molecule has 0 aliphatic heterocycles. The zero-order valence-corrected chi connectivity index (χ0v) is 16.2. The van der Waals surface area contributed by atoms with Crippen molar-refractivity contribution < 1.29 is 4.79 Å². The molecule has 7 nitrogen and oxygen atoms in total. The minimum Gasteiger partial charge on any atom is -0.347 e. The summed E-state index contributed by atoms with van der Waals surface area (Å²) in [5, 5.41) is 7.69. The average molecular weight is 354 g/mol. The largest absolute Gasteiger partial charge is 0.347 e. The van der Waals surface area contributed by atoms with Crippen molar-refractivity contribution in [2.75, 3.05) is 0 Å². The fourth-order valence-corrected chi connectivity index (χ4v) is 3.06. The molecule has 3 aromatic rings. The number of hydrogen-bond acceptors (Lipinski definition) is 4. The highest BCUT2D eigenvalue weighted by Gasteiger charge is 2.29. The van der Waals surface area contributed by atoms with Crippen molar-refractivity contribution in [2.45, 2.75) is 54.1 Å². The topological polar surface area (TPSA) is 77.1 Å². The highest BCUT2D eigenvalue weighted by Crippen LogP contribution is 2.23. The molecule has 0 radical (unpaired) electrons. The van der Waals surface area contributed by atoms with Gasteiger partial charge in [-0.25, -0.2) is 14.5 Å². The molecule has 7 heteroatoms. The normalized spacial score (nSPS) is 13.2. The van der Waals surface area contributed by atoms with E-state index in [9.17, 15) is 4.79 Å². The van der Waals surface area contributed by atoms with Gasteiger partial charge in [0.05, 0.1) is 18.1 Å². The Kier molecular flexibility index (Phi) is 4.56. The highest BCUT2D eigenvalue weighted by molar-refractivity contribution is 6.01. The van der Waals surface area contributed by atoms with Crippen molar-refractivity contribution in [2.24, 2.45) is 5.41 Å². The number of imidazole rings is 1. The van der Waals surface area contributed by atoms with E-state index >= 15 is 0 Å². The van der Waals surface area contributed by atoms with Gasteiger partial charge in [0.15, 0.2) is 5.65 Å². The van der Waals surface area contributed by atoms with Crippen LogP contribution >= 0.6 is 0 Å². The summed E-state index contributed by atoms with van der Waals surface area (Å²) in [6.07, 6.45) is 5.41. The highest BCUT2D eigenvalue weighted by atomic mass is 16.1. The molecule has 0 spiro atoms. The lowest BCUT2D eigenvalue weighted by Crippen LogP contribution is -2.46. The van der Waals surface area contributed by atoms with Gasteiger partial charge in [0.25, 0.3) is 5.91 Å². The van der Waals surface area contributed by atoms with Gasteiger partial charge in [0.1, 0.15) is 5.56 Å². The van der Waals surface area contributed by atoms with Crippen molar-refractivity contribution in [3.63, 3.8) is 0 Å². The summed E-state index contributed by atoms with van der Waals surface area (Å²) in [6, 6.07) is 1.89. The fraction of sp³-hybridized carbons (Fsp3) is 0.474. The van der Waals surface area contributed by atoms with Crippen LogP contribution in [-0.2, 0) is 6.54 Å². The van der Waals surface area contributed by atoms with Crippen LogP contribution in [0.2, 0.25) is 0 Å². The number of fused-ring (bicyclic) bond motifs is 1. The second-order valence-electron chi connectivity index (χ2n) is 7.89.